The molecule has 1 atom stereocenters. The van der Waals surface area contributed by atoms with E-state index < -0.39 is 9.84 Å². The Labute approximate surface area is 107 Å². The molecule has 0 amide bonds. The molecule has 2 heterocycles. The fourth-order valence-electron chi connectivity index (χ4n) is 2.48. The highest BCUT2D eigenvalue weighted by atomic mass is 32.2. The van der Waals surface area contributed by atoms with Crippen molar-refractivity contribution in [2.75, 3.05) is 12.8 Å². The van der Waals surface area contributed by atoms with E-state index in [0.29, 0.717) is 5.89 Å². The molecule has 18 heavy (non-hydrogen) atoms. The molecule has 1 aromatic heterocycles. The zero-order chi connectivity index (χ0) is 13.2. The fraction of sp³-hybridized carbons (Fsp3) is 0.818. The van der Waals surface area contributed by atoms with Crippen LogP contribution < -0.4 is 5.32 Å². The smallest absolute Gasteiger partial charge is 0.246 e. The molecular formula is C11H19N3O3S. The van der Waals surface area contributed by atoms with Crippen LogP contribution in [0.15, 0.2) is 4.52 Å². The third kappa shape index (κ3) is 2.89. The Balaban J connectivity index is 2.22. The van der Waals surface area contributed by atoms with Crippen LogP contribution in [0, 0.1) is 0 Å². The van der Waals surface area contributed by atoms with E-state index >= 15 is 0 Å². The summed E-state index contributed by atoms with van der Waals surface area (Å²) in [5.41, 5.74) is -0.252. The van der Waals surface area contributed by atoms with E-state index in [1.807, 2.05) is 0 Å². The summed E-state index contributed by atoms with van der Waals surface area (Å²) < 4.78 is 27.7. The molecule has 1 N–H and O–H groups in total. The first-order valence-corrected chi connectivity index (χ1v) is 8.27. The average Bonchev–Trinajstić information content (AvgIpc) is 2.85. The van der Waals surface area contributed by atoms with E-state index in [-0.39, 0.29) is 17.1 Å². The lowest BCUT2D eigenvalue weighted by atomic mass is 9.92. The predicted octanol–water partition coefficient (Wildman–Crippen LogP) is 0.993. The molecule has 1 aromatic rings. The minimum Gasteiger partial charge on any atom is -0.337 e. The molecule has 0 radical (unpaired) electrons. The molecule has 1 aliphatic heterocycles. The summed E-state index contributed by atoms with van der Waals surface area (Å²) >= 11 is 0. The quantitative estimate of drug-likeness (QED) is 0.861. The maximum absolute atomic E-state index is 11.2. The van der Waals surface area contributed by atoms with Crippen LogP contribution in [0.3, 0.4) is 0 Å². The van der Waals surface area contributed by atoms with Crippen molar-refractivity contribution < 1.29 is 12.9 Å². The van der Waals surface area contributed by atoms with E-state index in [0.717, 1.165) is 32.2 Å². The maximum Gasteiger partial charge on any atom is 0.246 e. The van der Waals surface area contributed by atoms with Gasteiger partial charge in [0.25, 0.3) is 0 Å². The van der Waals surface area contributed by atoms with Crippen molar-refractivity contribution in [2.45, 2.75) is 43.9 Å². The standard InChI is InChI=1S/C11H19N3O3S/c1-3-5-11(6-4-7-12-11)10-13-9(14-17-10)8-18(2,15)16/h12H,3-8H2,1-2H3. The van der Waals surface area contributed by atoms with Gasteiger partial charge in [-0.2, -0.15) is 4.98 Å². The summed E-state index contributed by atoms with van der Waals surface area (Å²) in [5, 5.41) is 7.19. The number of hydrogen-bond acceptors (Lipinski definition) is 6. The minimum absolute atomic E-state index is 0.168. The molecule has 0 aromatic carbocycles. The van der Waals surface area contributed by atoms with E-state index in [1.54, 1.807) is 0 Å². The highest BCUT2D eigenvalue weighted by molar-refractivity contribution is 7.89. The van der Waals surface area contributed by atoms with E-state index in [2.05, 4.69) is 22.4 Å². The summed E-state index contributed by atoms with van der Waals surface area (Å²) in [7, 11) is -3.12. The molecule has 2 rings (SSSR count). The second kappa shape index (κ2) is 4.97. The first kappa shape index (κ1) is 13.5. The summed E-state index contributed by atoms with van der Waals surface area (Å²) in [5.74, 6) is 0.607. The van der Waals surface area contributed by atoms with Crippen molar-refractivity contribution in [1.82, 2.24) is 15.5 Å². The van der Waals surface area contributed by atoms with Crippen LogP contribution in [0.1, 0.15) is 44.3 Å². The van der Waals surface area contributed by atoms with E-state index in [4.69, 9.17) is 4.52 Å². The zero-order valence-corrected chi connectivity index (χ0v) is 11.6. The molecule has 0 spiro atoms. The van der Waals surface area contributed by atoms with Gasteiger partial charge in [0, 0.05) is 6.26 Å². The molecule has 7 heteroatoms. The lowest BCUT2D eigenvalue weighted by Crippen LogP contribution is -2.37. The van der Waals surface area contributed by atoms with Crippen LogP contribution in [-0.4, -0.2) is 31.4 Å². The Bertz CT molecular complexity index is 503. The molecule has 1 saturated heterocycles. The molecule has 6 nitrogen and oxygen atoms in total. The highest BCUT2D eigenvalue weighted by Crippen LogP contribution is 2.34. The number of hydrogen-bond donors (Lipinski definition) is 1. The van der Waals surface area contributed by atoms with Crippen molar-refractivity contribution in [3.8, 4) is 0 Å². The SMILES string of the molecule is CCCC1(c2nc(CS(C)(=O)=O)no2)CCCN1. The third-order valence-electron chi connectivity index (χ3n) is 3.19. The Kier molecular flexibility index (Phi) is 3.72. The minimum atomic E-state index is -3.12. The van der Waals surface area contributed by atoms with Gasteiger partial charge in [-0.15, -0.1) is 0 Å². The molecule has 102 valence electrons. The van der Waals surface area contributed by atoms with Gasteiger partial charge in [0.1, 0.15) is 5.75 Å². The monoisotopic (exact) mass is 273 g/mol. The average molecular weight is 273 g/mol. The molecule has 1 unspecified atom stereocenters. The van der Waals surface area contributed by atoms with E-state index in [1.165, 1.54) is 6.26 Å². The van der Waals surface area contributed by atoms with Gasteiger partial charge >= 0.3 is 0 Å². The second-order valence-electron chi connectivity index (χ2n) is 4.95. The topological polar surface area (TPSA) is 85.1 Å². The lowest BCUT2D eigenvalue weighted by Gasteiger charge is -2.24. The van der Waals surface area contributed by atoms with Gasteiger partial charge in [-0.3, -0.25) is 0 Å². The van der Waals surface area contributed by atoms with Gasteiger partial charge in [0.05, 0.1) is 5.54 Å². The van der Waals surface area contributed by atoms with Crippen LogP contribution in [-0.2, 0) is 21.1 Å². The van der Waals surface area contributed by atoms with Crippen molar-refractivity contribution in [1.29, 1.82) is 0 Å². The Hall–Kier alpha value is -0.950. The van der Waals surface area contributed by atoms with Crippen molar-refractivity contribution in [3.05, 3.63) is 11.7 Å². The van der Waals surface area contributed by atoms with Gasteiger partial charge in [0.2, 0.25) is 5.89 Å². The van der Waals surface area contributed by atoms with Gasteiger partial charge in [-0.05, 0) is 25.8 Å². The number of nitrogens with zero attached hydrogens (tertiary/aromatic N) is 2. The zero-order valence-electron chi connectivity index (χ0n) is 10.8. The van der Waals surface area contributed by atoms with Crippen LogP contribution in [0.4, 0.5) is 0 Å². The number of rotatable bonds is 5. The van der Waals surface area contributed by atoms with Crippen LogP contribution >= 0.6 is 0 Å². The molecule has 1 fully saturated rings. The number of sulfone groups is 1. The Morgan fingerprint density at radius 1 is 1.50 bits per heavy atom. The molecular weight excluding hydrogens is 254 g/mol. The molecule has 1 aliphatic rings. The lowest BCUT2D eigenvalue weighted by molar-refractivity contribution is 0.240. The summed E-state index contributed by atoms with van der Waals surface area (Å²) in [4.78, 5) is 4.25. The first-order chi connectivity index (χ1) is 8.45. The largest absolute Gasteiger partial charge is 0.337 e. The van der Waals surface area contributed by atoms with Gasteiger partial charge < -0.3 is 9.84 Å². The second-order valence-corrected chi connectivity index (χ2v) is 7.09. The van der Waals surface area contributed by atoms with Crippen LogP contribution in [0.2, 0.25) is 0 Å². The summed E-state index contributed by atoms with van der Waals surface area (Å²) in [6.45, 7) is 3.04. The molecule has 0 bridgehead atoms. The number of nitrogens with one attached hydrogen (secondary N) is 1. The van der Waals surface area contributed by atoms with E-state index in [9.17, 15) is 8.42 Å². The Morgan fingerprint density at radius 3 is 2.83 bits per heavy atom. The highest BCUT2D eigenvalue weighted by Gasteiger charge is 2.39. The maximum atomic E-state index is 11.2. The number of aromatic nitrogens is 2. The van der Waals surface area contributed by atoms with Crippen LogP contribution in [0.25, 0.3) is 0 Å². The van der Waals surface area contributed by atoms with Gasteiger partial charge in [0.15, 0.2) is 15.7 Å². The molecule has 0 saturated carbocycles. The van der Waals surface area contributed by atoms with Crippen molar-refractivity contribution in [2.24, 2.45) is 0 Å². The summed E-state index contributed by atoms with van der Waals surface area (Å²) in [6.07, 6.45) is 5.13. The Morgan fingerprint density at radius 2 is 2.28 bits per heavy atom. The summed E-state index contributed by atoms with van der Waals surface area (Å²) in [6, 6.07) is 0. The third-order valence-corrected chi connectivity index (χ3v) is 3.97. The normalized spacial score (nSPS) is 24.6. The van der Waals surface area contributed by atoms with Crippen molar-refractivity contribution in [3.63, 3.8) is 0 Å². The first-order valence-electron chi connectivity index (χ1n) is 6.21. The van der Waals surface area contributed by atoms with Gasteiger partial charge in [-0.25, -0.2) is 8.42 Å². The predicted molar refractivity (Wildman–Crippen MR) is 66.7 cm³/mol. The van der Waals surface area contributed by atoms with Crippen LogP contribution in [0.5, 0.6) is 0 Å². The molecule has 0 aliphatic carbocycles. The van der Waals surface area contributed by atoms with Gasteiger partial charge in [-0.1, -0.05) is 18.5 Å². The fourth-order valence-corrected chi connectivity index (χ4v) is 3.06. The van der Waals surface area contributed by atoms with Crippen molar-refractivity contribution >= 4 is 9.84 Å².